The van der Waals surface area contributed by atoms with Crippen molar-refractivity contribution in [3.63, 3.8) is 0 Å². The molecule has 2 aromatic heterocycles. The third-order valence-electron chi connectivity index (χ3n) is 6.20. The van der Waals surface area contributed by atoms with Gasteiger partial charge in [0, 0.05) is 17.2 Å². The van der Waals surface area contributed by atoms with Crippen LogP contribution in [0.15, 0.2) is 40.9 Å². The zero-order chi connectivity index (χ0) is 36.4. The van der Waals surface area contributed by atoms with E-state index in [1.165, 1.54) is 6.20 Å². The molecule has 2 amide bonds. The fourth-order valence-corrected chi connectivity index (χ4v) is 3.77. The van der Waals surface area contributed by atoms with Crippen LogP contribution in [0.1, 0.15) is 89.3 Å². The molecule has 0 radical (unpaired) electrons. The lowest BCUT2D eigenvalue weighted by Crippen LogP contribution is -2.48. The van der Waals surface area contributed by atoms with Crippen LogP contribution in [0.4, 0.5) is 13.2 Å². The maximum Gasteiger partial charge on any atom is 0.490 e. The summed E-state index contributed by atoms with van der Waals surface area (Å²) in [6.07, 6.45) is -2.11. The minimum Gasteiger partial charge on any atom is -0.475 e. The first kappa shape index (κ1) is 39.4. The van der Waals surface area contributed by atoms with Gasteiger partial charge in [0.25, 0.3) is 11.8 Å². The molecule has 1 aromatic carbocycles. The number of carbonyl (C=O) groups excluding carboxylic acids is 3. The number of esters is 1. The van der Waals surface area contributed by atoms with E-state index in [4.69, 9.17) is 23.8 Å². The molecule has 0 saturated carbocycles. The molecule has 3 rings (SSSR count). The van der Waals surface area contributed by atoms with Crippen molar-refractivity contribution < 1.29 is 51.3 Å². The summed E-state index contributed by atoms with van der Waals surface area (Å²) in [4.78, 5) is 51.5. The van der Waals surface area contributed by atoms with Gasteiger partial charge in [0.1, 0.15) is 11.3 Å². The number of ether oxygens (including phenoxy) is 2. The SMILES string of the molecule is CCC(CC)NC(=O)c1cc(-c2cccc(-c3ncc(C(=O)N[C@@H](COC(C)(C)C)C(=O)OC(C)(C)C)o3)c2)n[nH]1.O=C(O)C(F)(F)F. The van der Waals surface area contributed by atoms with Crippen LogP contribution in [0.2, 0.25) is 0 Å². The summed E-state index contributed by atoms with van der Waals surface area (Å²) in [5, 5.41) is 19.8. The Hall–Kier alpha value is -4.73. The number of carbonyl (C=O) groups is 4. The second-order valence-electron chi connectivity index (χ2n) is 12.6. The van der Waals surface area contributed by atoms with Crippen LogP contribution in [0.5, 0.6) is 0 Å². The number of H-pyrrole nitrogens is 1. The fraction of sp³-hybridized carbons (Fsp3) is 0.500. The number of amides is 2. The molecule has 16 heteroatoms. The van der Waals surface area contributed by atoms with Gasteiger partial charge in [0.05, 0.1) is 24.1 Å². The molecule has 4 N–H and O–H groups in total. The van der Waals surface area contributed by atoms with Crippen molar-refractivity contribution in [2.24, 2.45) is 0 Å². The molecule has 0 spiro atoms. The second-order valence-corrected chi connectivity index (χ2v) is 12.6. The number of aromatic amines is 1. The average Bonchev–Trinajstić information content (AvgIpc) is 3.67. The molecule has 0 aliphatic rings. The van der Waals surface area contributed by atoms with Gasteiger partial charge in [-0.25, -0.2) is 14.6 Å². The van der Waals surface area contributed by atoms with Crippen molar-refractivity contribution in [2.75, 3.05) is 6.61 Å². The monoisotopic (exact) mass is 681 g/mol. The van der Waals surface area contributed by atoms with Gasteiger partial charge in [-0.2, -0.15) is 18.3 Å². The Morgan fingerprint density at radius 2 is 1.54 bits per heavy atom. The molecule has 0 aliphatic heterocycles. The number of benzene rings is 1. The molecular weight excluding hydrogens is 639 g/mol. The van der Waals surface area contributed by atoms with E-state index in [0.717, 1.165) is 18.4 Å². The molecule has 1 atom stereocenters. The maximum absolute atomic E-state index is 13.0. The van der Waals surface area contributed by atoms with Crippen LogP contribution in [-0.2, 0) is 19.1 Å². The summed E-state index contributed by atoms with van der Waals surface area (Å²) in [6.45, 7) is 14.8. The number of alkyl halides is 3. The van der Waals surface area contributed by atoms with E-state index in [0.29, 0.717) is 17.0 Å². The average molecular weight is 682 g/mol. The lowest BCUT2D eigenvalue weighted by atomic mass is 10.1. The van der Waals surface area contributed by atoms with Crippen LogP contribution < -0.4 is 10.6 Å². The molecule has 0 unspecified atom stereocenters. The second kappa shape index (κ2) is 16.4. The minimum absolute atomic E-state index is 0.0742. The van der Waals surface area contributed by atoms with Crippen LogP contribution in [0, 0.1) is 0 Å². The topological polar surface area (TPSA) is 186 Å². The largest absolute Gasteiger partial charge is 0.490 e. The van der Waals surface area contributed by atoms with Gasteiger partial charge in [0.2, 0.25) is 11.7 Å². The van der Waals surface area contributed by atoms with Gasteiger partial charge >= 0.3 is 18.1 Å². The molecule has 48 heavy (non-hydrogen) atoms. The maximum atomic E-state index is 13.0. The highest BCUT2D eigenvalue weighted by Gasteiger charge is 2.38. The molecule has 0 aliphatic carbocycles. The Labute approximate surface area is 276 Å². The van der Waals surface area contributed by atoms with Gasteiger partial charge in [-0.05, 0) is 72.6 Å². The number of hydrogen-bond acceptors (Lipinski definition) is 9. The lowest BCUT2D eigenvalue weighted by Gasteiger charge is -2.27. The van der Waals surface area contributed by atoms with Crippen LogP contribution in [-0.4, -0.2) is 80.1 Å². The van der Waals surface area contributed by atoms with E-state index in [2.05, 4.69) is 25.8 Å². The first-order chi connectivity index (χ1) is 22.1. The van der Waals surface area contributed by atoms with E-state index in [1.807, 2.05) is 40.7 Å². The zero-order valence-corrected chi connectivity index (χ0v) is 28.1. The molecule has 0 saturated heterocycles. The van der Waals surface area contributed by atoms with E-state index in [9.17, 15) is 27.6 Å². The Balaban J connectivity index is 0.00000103. The summed E-state index contributed by atoms with van der Waals surface area (Å²) in [5.41, 5.74) is 1.01. The molecule has 2 heterocycles. The molecule has 264 valence electrons. The normalized spacial score (nSPS) is 12.5. The molecule has 13 nitrogen and oxygen atoms in total. The number of oxazole rings is 1. The number of nitrogens with zero attached hydrogens (tertiary/aromatic N) is 2. The number of rotatable bonds is 11. The van der Waals surface area contributed by atoms with E-state index in [1.54, 1.807) is 45.0 Å². The van der Waals surface area contributed by atoms with Crippen molar-refractivity contribution in [3.8, 4) is 22.7 Å². The Morgan fingerprint density at radius 1 is 0.938 bits per heavy atom. The molecule has 0 fully saturated rings. The van der Waals surface area contributed by atoms with E-state index in [-0.39, 0.29) is 30.2 Å². The predicted molar refractivity (Wildman–Crippen MR) is 168 cm³/mol. The number of nitrogens with one attached hydrogen (secondary N) is 3. The highest BCUT2D eigenvalue weighted by Crippen LogP contribution is 2.26. The quantitative estimate of drug-likeness (QED) is 0.187. The van der Waals surface area contributed by atoms with E-state index < -0.39 is 41.3 Å². The first-order valence-electron chi connectivity index (χ1n) is 15.0. The Kier molecular flexibility index (Phi) is 13.5. The molecular formula is C32H42F3N5O8. The highest BCUT2D eigenvalue weighted by molar-refractivity contribution is 5.95. The summed E-state index contributed by atoms with van der Waals surface area (Å²) >= 11 is 0. The van der Waals surface area contributed by atoms with E-state index >= 15 is 0 Å². The van der Waals surface area contributed by atoms with Gasteiger partial charge < -0.3 is 29.6 Å². The van der Waals surface area contributed by atoms with Crippen molar-refractivity contribution in [3.05, 3.63) is 48.0 Å². The fourth-order valence-electron chi connectivity index (χ4n) is 3.77. The minimum atomic E-state index is -5.08. The summed E-state index contributed by atoms with van der Waals surface area (Å²) < 4.78 is 48.7. The summed E-state index contributed by atoms with van der Waals surface area (Å²) in [5.74, 6) is -4.08. The number of carboxylic acid groups (broad SMARTS) is 1. The van der Waals surface area contributed by atoms with Crippen molar-refractivity contribution in [1.29, 1.82) is 0 Å². The standard InChI is InChI=1S/C30H41N5O6.C2HF3O2/c1-9-20(10-2)32-25(36)22-15-21(34-35-22)18-12-11-13-19(14-18)27-31-16-24(40-27)26(37)33-23(17-39-29(3,4)5)28(38)41-30(6,7)8;3-2(4,5)1(6)7/h11-16,20,23H,9-10,17H2,1-8H3,(H,32,36)(H,33,37)(H,34,35);(H,6,7)/t23-;/m0./s1. The van der Waals surface area contributed by atoms with Gasteiger partial charge in [-0.3, -0.25) is 14.7 Å². The third-order valence-corrected chi connectivity index (χ3v) is 6.20. The highest BCUT2D eigenvalue weighted by atomic mass is 19.4. The van der Waals surface area contributed by atoms with Gasteiger partial charge in [-0.1, -0.05) is 26.0 Å². The lowest BCUT2D eigenvalue weighted by molar-refractivity contribution is -0.192. The predicted octanol–water partition coefficient (Wildman–Crippen LogP) is 5.54. The van der Waals surface area contributed by atoms with Crippen molar-refractivity contribution >= 4 is 23.8 Å². The third kappa shape index (κ3) is 12.8. The number of hydrogen-bond donors (Lipinski definition) is 4. The van der Waals surface area contributed by atoms with Gasteiger partial charge in [-0.15, -0.1) is 0 Å². The number of halogens is 3. The Morgan fingerprint density at radius 3 is 2.08 bits per heavy atom. The van der Waals surface area contributed by atoms with Crippen LogP contribution in [0.25, 0.3) is 22.7 Å². The molecule has 3 aromatic rings. The van der Waals surface area contributed by atoms with Crippen LogP contribution >= 0.6 is 0 Å². The number of aliphatic carboxylic acids is 1. The van der Waals surface area contributed by atoms with Gasteiger partial charge in [0.15, 0.2) is 6.04 Å². The summed E-state index contributed by atoms with van der Waals surface area (Å²) in [6, 6.07) is 7.96. The molecule has 0 bridgehead atoms. The number of carboxylic acids is 1. The Bertz CT molecular complexity index is 1550. The smallest absolute Gasteiger partial charge is 0.475 e. The van der Waals surface area contributed by atoms with Crippen LogP contribution in [0.3, 0.4) is 0 Å². The first-order valence-corrected chi connectivity index (χ1v) is 15.0. The van der Waals surface area contributed by atoms with Crippen molar-refractivity contribution in [2.45, 2.75) is 97.7 Å². The zero-order valence-electron chi connectivity index (χ0n) is 28.1. The number of aromatic nitrogens is 3. The summed E-state index contributed by atoms with van der Waals surface area (Å²) in [7, 11) is 0. The van der Waals surface area contributed by atoms with Crippen molar-refractivity contribution in [1.82, 2.24) is 25.8 Å².